The summed E-state index contributed by atoms with van der Waals surface area (Å²) in [6.45, 7) is 2.84. The molecule has 1 saturated heterocycles. The van der Waals surface area contributed by atoms with Gasteiger partial charge >= 0.3 is 0 Å². The Morgan fingerprint density at radius 3 is 2.50 bits per heavy atom. The lowest BCUT2D eigenvalue weighted by Gasteiger charge is -2.38. The van der Waals surface area contributed by atoms with Gasteiger partial charge < -0.3 is 16.0 Å². The lowest BCUT2D eigenvalue weighted by atomic mass is 9.87. The maximum atomic E-state index is 12.4. The number of amides is 2. The summed E-state index contributed by atoms with van der Waals surface area (Å²) >= 11 is 0. The molecule has 2 rings (SSSR count). The zero-order valence-corrected chi connectivity index (χ0v) is 13.9. The summed E-state index contributed by atoms with van der Waals surface area (Å²) in [5, 5.41) is 2.82. The molecule has 1 aliphatic carbocycles. The van der Waals surface area contributed by atoms with Crippen molar-refractivity contribution in [3.63, 3.8) is 0 Å². The van der Waals surface area contributed by atoms with Crippen LogP contribution in [-0.4, -0.2) is 41.9 Å². The zero-order chi connectivity index (χ0) is 15.9. The average molecular weight is 309 g/mol. The van der Waals surface area contributed by atoms with Gasteiger partial charge in [0.1, 0.15) is 0 Å². The molecule has 2 aliphatic rings. The first-order valence-corrected chi connectivity index (χ1v) is 8.89. The van der Waals surface area contributed by atoms with Gasteiger partial charge in [-0.15, -0.1) is 0 Å². The van der Waals surface area contributed by atoms with Gasteiger partial charge in [-0.25, -0.2) is 0 Å². The van der Waals surface area contributed by atoms with Crippen LogP contribution in [-0.2, 0) is 9.59 Å². The summed E-state index contributed by atoms with van der Waals surface area (Å²) in [6, 6.07) is 0.110. The van der Waals surface area contributed by atoms with Crippen LogP contribution in [0, 0.1) is 5.92 Å². The second kappa shape index (κ2) is 8.51. The number of nitrogens with one attached hydrogen (secondary N) is 1. The first kappa shape index (κ1) is 17.3. The summed E-state index contributed by atoms with van der Waals surface area (Å²) in [4.78, 5) is 26.2. The van der Waals surface area contributed by atoms with Crippen molar-refractivity contribution >= 4 is 11.8 Å². The van der Waals surface area contributed by atoms with Gasteiger partial charge in [-0.05, 0) is 44.9 Å². The predicted octanol–water partition coefficient (Wildman–Crippen LogP) is 1.80. The van der Waals surface area contributed by atoms with E-state index in [4.69, 9.17) is 5.73 Å². The number of hydrogen-bond donors (Lipinski definition) is 2. The van der Waals surface area contributed by atoms with Crippen molar-refractivity contribution in [2.24, 2.45) is 11.7 Å². The number of carbonyl (C=O) groups excluding carboxylic acids is 2. The van der Waals surface area contributed by atoms with Crippen molar-refractivity contribution in [2.75, 3.05) is 13.1 Å². The molecule has 0 radical (unpaired) electrons. The third-order valence-corrected chi connectivity index (χ3v) is 5.11. The molecule has 0 aromatic carbocycles. The molecule has 0 bridgehead atoms. The minimum Gasteiger partial charge on any atom is -0.347 e. The highest BCUT2D eigenvalue weighted by atomic mass is 16.2. The predicted molar refractivity (Wildman–Crippen MR) is 87.2 cm³/mol. The van der Waals surface area contributed by atoms with Crippen LogP contribution in [0.5, 0.6) is 0 Å². The van der Waals surface area contributed by atoms with Crippen LogP contribution < -0.4 is 11.1 Å². The fourth-order valence-corrected chi connectivity index (χ4v) is 3.82. The van der Waals surface area contributed by atoms with Crippen molar-refractivity contribution < 1.29 is 9.59 Å². The van der Waals surface area contributed by atoms with E-state index in [2.05, 4.69) is 5.32 Å². The van der Waals surface area contributed by atoms with E-state index < -0.39 is 0 Å². The fourth-order valence-electron chi connectivity index (χ4n) is 3.82. The molecule has 2 amide bonds. The molecule has 5 nitrogen and oxygen atoms in total. The Bertz CT molecular complexity index is 378. The Labute approximate surface area is 134 Å². The smallest absolute Gasteiger partial charge is 0.242 e. The molecule has 0 spiro atoms. The van der Waals surface area contributed by atoms with E-state index in [1.807, 2.05) is 11.8 Å². The number of piperidine rings is 1. The summed E-state index contributed by atoms with van der Waals surface area (Å²) in [6.07, 6.45) is 9.78. The van der Waals surface area contributed by atoms with Crippen molar-refractivity contribution in [1.82, 2.24) is 10.2 Å². The Morgan fingerprint density at radius 2 is 1.82 bits per heavy atom. The summed E-state index contributed by atoms with van der Waals surface area (Å²) < 4.78 is 0. The van der Waals surface area contributed by atoms with Gasteiger partial charge in [0.2, 0.25) is 11.8 Å². The Morgan fingerprint density at radius 1 is 1.14 bits per heavy atom. The molecule has 1 aliphatic heterocycles. The second-order valence-electron chi connectivity index (χ2n) is 6.99. The Hall–Kier alpha value is -1.10. The van der Waals surface area contributed by atoms with Crippen LogP contribution in [0.15, 0.2) is 0 Å². The highest BCUT2D eigenvalue weighted by Crippen LogP contribution is 2.26. The molecular formula is C17H31N3O2. The van der Waals surface area contributed by atoms with E-state index in [1.54, 1.807) is 0 Å². The number of nitrogens with zero attached hydrogens (tertiary/aromatic N) is 1. The van der Waals surface area contributed by atoms with Crippen LogP contribution >= 0.6 is 0 Å². The molecule has 1 heterocycles. The lowest BCUT2D eigenvalue weighted by molar-refractivity contribution is -0.136. The van der Waals surface area contributed by atoms with E-state index in [1.165, 1.54) is 19.3 Å². The minimum absolute atomic E-state index is 0.0119. The van der Waals surface area contributed by atoms with Gasteiger partial charge in [-0.1, -0.05) is 19.3 Å². The number of nitrogens with two attached hydrogens (primary N) is 1. The number of likely N-dealkylation sites (tertiary alicyclic amines) is 1. The lowest BCUT2D eigenvalue weighted by Crippen LogP contribution is -2.54. The van der Waals surface area contributed by atoms with Crippen molar-refractivity contribution in [1.29, 1.82) is 0 Å². The molecule has 1 saturated carbocycles. The maximum absolute atomic E-state index is 12.4. The van der Waals surface area contributed by atoms with Crippen molar-refractivity contribution in [3.8, 4) is 0 Å². The standard InChI is InChI=1S/C17H31N3O2/c1-13(18)15-9-5-6-10-20(15)17(22)12-19-16(21)11-14-7-3-2-4-8-14/h13-15H,2-12,18H2,1H3,(H,19,21). The van der Waals surface area contributed by atoms with E-state index in [0.29, 0.717) is 12.3 Å². The van der Waals surface area contributed by atoms with Gasteiger partial charge in [0.15, 0.2) is 0 Å². The highest BCUT2D eigenvalue weighted by Gasteiger charge is 2.29. The highest BCUT2D eigenvalue weighted by molar-refractivity contribution is 5.85. The molecule has 2 atom stereocenters. The van der Waals surface area contributed by atoms with Crippen LogP contribution in [0.1, 0.15) is 64.7 Å². The van der Waals surface area contributed by atoms with Gasteiger partial charge in [0, 0.05) is 25.0 Å². The molecule has 0 aromatic rings. The summed E-state index contributed by atoms with van der Waals surface area (Å²) in [5.41, 5.74) is 5.99. The number of carbonyl (C=O) groups is 2. The topological polar surface area (TPSA) is 75.4 Å². The second-order valence-corrected chi connectivity index (χ2v) is 6.99. The zero-order valence-electron chi connectivity index (χ0n) is 13.9. The summed E-state index contributed by atoms with van der Waals surface area (Å²) in [5.74, 6) is 0.546. The van der Waals surface area contributed by atoms with Crippen molar-refractivity contribution in [2.45, 2.75) is 76.8 Å². The third kappa shape index (κ3) is 4.97. The Balaban J connectivity index is 1.74. The number of hydrogen-bond acceptors (Lipinski definition) is 3. The fraction of sp³-hybridized carbons (Fsp3) is 0.882. The van der Waals surface area contributed by atoms with Gasteiger partial charge in [-0.3, -0.25) is 9.59 Å². The van der Waals surface area contributed by atoms with Crippen LogP contribution in [0.3, 0.4) is 0 Å². The third-order valence-electron chi connectivity index (χ3n) is 5.11. The maximum Gasteiger partial charge on any atom is 0.242 e. The quantitative estimate of drug-likeness (QED) is 0.813. The van der Waals surface area contributed by atoms with Crippen LogP contribution in [0.4, 0.5) is 0 Å². The summed E-state index contributed by atoms with van der Waals surface area (Å²) in [7, 11) is 0. The molecule has 22 heavy (non-hydrogen) atoms. The first-order valence-electron chi connectivity index (χ1n) is 8.89. The van der Waals surface area contributed by atoms with Crippen LogP contribution in [0.2, 0.25) is 0 Å². The largest absolute Gasteiger partial charge is 0.347 e. The molecule has 2 unspecified atom stereocenters. The molecule has 0 aromatic heterocycles. The van der Waals surface area contributed by atoms with E-state index >= 15 is 0 Å². The first-order chi connectivity index (χ1) is 10.6. The normalized spacial score (nSPS) is 24.8. The van der Waals surface area contributed by atoms with Gasteiger partial charge in [-0.2, -0.15) is 0 Å². The van der Waals surface area contributed by atoms with Gasteiger partial charge in [0.25, 0.3) is 0 Å². The van der Waals surface area contributed by atoms with E-state index in [0.717, 1.165) is 38.6 Å². The molecule has 2 fully saturated rings. The van der Waals surface area contributed by atoms with Gasteiger partial charge in [0.05, 0.1) is 6.54 Å². The van der Waals surface area contributed by atoms with E-state index in [-0.39, 0.29) is 30.4 Å². The Kier molecular flexibility index (Phi) is 6.68. The van der Waals surface area contributed by atoms with Crippen LogP contribution in [0.25, 0.3) is 0 Å². The minimum atomic E-state index is -0.0119. The van der Waals surface area contributed by atoms with E-state index in [9.17, 15) is 9.59 Å². The molecule has 5 heteroatoms. The average Bonchev–Trinajstić information content (AvgIpc) is 2.53. The molecular weight excluding hydrogens is 278 g/mol. The van der Waals surface area contributed by atoms with Crippen molar-refractivity contribution in [3.05, 3.63) is 0 Å². The molecule has 126 valence electrons. The number of rotatable bonds is 5. The monoisotopic (exact) mass is 309 g/mol. The molecule has 3 N–H and O–H groups in total. The SMILES string of the molecule is CC(N)C1CCCCN1C(=O)CNC(=O)CC1CCCCC1.